The summed E-state index contributed by atoms with van der Waals surface area (Å²) in [5.74, 6) is 0.445. The van der Waals surface area contributed by atoms with Crippen LogP contribution in [0.3, 0.4) is 0 Å². The summed E-state index contributed by atoms with van der Waals surface area (Å²) in [5, 5.41) is 0. The molecule has 94 valence electrons. The molecule has 0 aliphatic carbocycles. The maximum Gasteiger partial charge on any atom is 0.0648 e. The van der Waals surface area contributed by atoms with Crippen LogP contribution >= 0.6 is 11.6 Å². The zero-order chi connectivity index (χ0) is 12.8. The summed E-state index contributed by atoms with van der Waals surface area (Å²) < 4.78 is 0. The van der Waals surface area contributed by atoms with Crippen LogP contribution in [0.2, 0.25) is 0 Å². The van der Waals surface area contributed by atoms with Crippen LogP contribution in [-0.4, -0.2) is 16.5 Å². The summed E-state index contributed by atoms with van der Waals surface area (Å²) in [5.41, 5.74) is 3.30. The Bertz CT molecular complexity index is 487. The maximum atomic E-state index is 5.82. The van der Waals surface area contributed by atoms with Gasteiger partial charge in [0.1, 0.15) is 0 Å². The van der Waals surface area contributed by atoms with Crippen LogP contribution < -0.4 is 4.90 Å². The van der Waals surface area contributed by atoms with E-state index in [-0.39, 0.29) is 0 Å². The molecule has 0 bridgehead atoms. The highest BCUT2D eigenvalue weighted by molar-refractivity contribution is 6.16. The Labute approximate surface area is 112 Å². The highest BCUT2D eigenvalue weighted by Crippen LogP contribution is 2.17. The lowest BCUT2D eigenvalue weighted by atomic mass is 10.2. The molecule has 0 aliphatic rings. The molecule has 0 saturated heterocycles. The molecule has 18 heavy (non-hydrogen) atoms. The van der Waals surface area contributed by atoms with E-state index in [9.17, 15) is 0 Å². The number of nitrogens with zero attached hydrogens (tertiary/aromatic N) is 3. The van der Waals surface area contributed by atoms with Crippen molar-refractivity contribution in [3.8, 4) is 0 Å². The highest BCUT2D eigenvalue weighted by atomic mass is 35.5. The summed E-state index contributed by atoms with van der Waals surface area (Å²) >= 11 is 5.82. The zero-order valence-corrected chi connectivity index (χ0v) is 11.1. The number of rotatable bonds is 5. The van der Waals surface area contributed by atoms with E-state index < -0.39 is 0 Å². The summed E-state index contributed by atoms with van der Waals surface area (Å²) in [7, 11) is 0. The van der Waals surface area contributed by atoms with E-state index in [1.807, 2.05) is 42.9 Å². The predicted molar refractivity (Wildman–Crippen MR) is 74.8 cm³/mol. The molecular formula is C14H16ClN3. The lowest BCUT2D eigenvalue weighted by molar-refractivity contribution is 0.827. The van der Waals surface area contributed by atoms with E-state index in [0.29, 0.717) is 5.88 Å². The van der Waals surface area contributed by atoms with Crippen molar-refractivity contribution < 1.29 is 0 Å². The van der Waals surface area contributed by atoms with Gasteiger partial charge in [-0.3, -0.25) is 9.97 Å². The van der Waals surface area contributed by atoms with Gasteiger partial charge in [-0.2, -0.15) is 0 Å². The van der Waals surface area contributed by atoms with Gasteiger partial charge >= 0.3 is 0 Å². The number of pyridine rings is 2. The Kier molecular flexibility index (Phi) is 4.53. The van der Waals surface area contributed by atoms with Crippen molar-refractivity contribution in [2.75, 3.05) is 11.4 Å². The molecule has 2 heterocycles. The third kappa shape index (κ3) is 3.20. The third-order valence-corrected chi connectivity index (χ3v) is 3.08. The predicted octanol–water partition coefficient (Wildman–Crippen LogP) is 3.24. The summed E-state index contributed by atoms with van der Waals surface area (Å²) in [6, 6.07) is 8.12. The Balaban J connectivity index is 2.17. The van der Waals surface area contributed by atoms with Crippen molar-refractivity contribution >= 4 is 17.3 Å². The van der Waals surface area contributed by atoms with Gasteiger partial charge in [0.15, 0.2) is 0 Å². The SMILES string of the molecule is CCN(Cc1ccncc1)c1ccnc(CCl)c1. The van der Waals surface area contributed by atoms with Crippen LogP contribution in [0.15, 0.2) is 42.9 Å². The Hall–Kier alpha value is -1.61. The second-order valence-electron chi connectivity index (χ2n) is 4.01. The van der Waals surface area contributed by atoms with Crippen LogP contribution in [0.5, 0.6) is 0 Å². The lowest BCUT2D eigenvalue weighted by Gasteiger charge is -2.23. The highest BCUT2D eigenvalue weighted by Gasteiger charge is 2.06. The van der Waals surface area contributed by atoms with E-state index in [1.165, 1.54) is 5.56 Å². The number of hydrogen-bond donors (Lipinski definition) is 0. The van der Waals surface area contributed by atoms with E-state index >= 15 is 0 Å². The molecule has 0 atom stereocenters. The first-order chi connectivity index (χ1) is 8.83. The number of hydrogen-bond acceptors (Lipinski definition) is 3. The third-order valence-electron chi connectivity index (χ3n) is 2.81. The fourth-order valence-electron chi connectivity index (χ4n) is 1.83. The molecule has 0 aliphatic heterocycles. The molecule has 0 amide bonds. The Morgan fingerprint density at radius 3 is 2.61 bits per heavy atom. The molecule has 0 saturated carbocycles. The van der Waals surface area contributed by atoms with Gasteiger partial charge in [0.2, 0.25) is 0 Å². The number of anilines is 1. The van der Waals surface area contributed by atoms with Crippen molar-refractivity contribution in [2.45, 2.75) is 19.3 Å². The molecule has 0 radical (unpaired) electrons. The monoisotopic (exact) mass is 261 g/mol. The lowest BCUT2D eigenvalue weighted by Crippen LogP contribution is -2.22. The molecule has 4 heteroatoms. The largest absolute Gasteiger partial charge is 0.367 e. The second-order valence-corrected chi connectivity index (χ2v) is 4.28. The Morgan fingerprint density at radius 1 is 1.17 bits per heavy atom. The summed E-state index contributed by atoms with van der Waals surface area (Å²) in [6.45, 7) is 3.95. The molecule has 2 rings (SSSR count). The molecule has 2 aromatic heterocycles. The van der Waals surface area contributed by atoms with Gasteiger partial charge < -0.3 is 4.90 Å². The molecule has 2 aromatic rings. The fraction of sp³-hybridized carbons (Fsp3) is 0.286. The van der Waals surface area contributed by atoms with Crippen molar-refractivity contribution in [1.82, 2.24) is 9.97 Å². The number of halogens is 1. The average molecular weight is 262 g/mol. The van der Waals surface area contributed by atoms with Crippen molar-refractivity contribution in [2.24, 2.45) is 0 Å². The van der Waals surface area contributed by atoms with Gasteiger partial charge in [0, 0.05) is 37.4 Å². The molecular weight excluding hydrogens is 246 g/mol. The van der Waals surface area contributed by atoms with Crippen LogP contribution in [0, 0.1) is 0 Å². The molecule has 0 unspecified atom stereocenters. The van der Waals surface area contributed by atoms with Crippen LogP contribution in [-0.2, 0) is 12.4 Å². The van der Waals surface area contributed by atoms with Crippen LogP contribution in [0.25, 0.3) is 0 Å². The topological polar surface area (TPSA) is 29.0 Å². The standard InChI is InChI=1S/C14H16ClN3/c1-2-18(11-12-3-6-16-7-4-12)14-5-8-17-13(9-14)10-15/h3-9H,2,10-11H2,1H3. The van der Waals surface area contributed by atoms with E-state index in [4.69, 9.17) is 11.6 Å². The first-order valence-corrected chi connectivity index (χ1v) is 6.51. The molecule has 0 fully saturated rings. The molecule has 0 N–H and O–H groups in total. The average Bonchev–Trinajstić information content (AvgIpc) is 2.46. The smallest absolute Gasteiger partial charge is 0.0648 e. The quantitative estimate of drug-likeness (QED) is 0.774. The fourth-order valence-corrected chi connectivity index (χ4v) is 1.98. The number of aromatic nitrogens is 2. The minimum Gasteiger partial charge on any atom is -0.367 e. The van der Waals surface area contributed by atoms with Gasteiger partial charge in [-0.25, -0.2) is 0 Å². The first-order valence-electron chi connectivity index (χ1n) is 5.98. The van der Waals surface area contributed by atoms with Crippen molar-refractivity contribution in [3.05, 3.63) is 54.1 Å². The molecule has 0 aromatic carbocycles. The minimum atomic E-state index is 0.445. The summed E-state index contributed by atoms with van der Waals surface area (Å²) in [6.07, 6.45) is 5.45. The van der Waals surface area contributed by atoms with Gasteiger partial charge in [0.25, 0.3) is 0 Å². The minimum absolute atomic E-state index is 0.445. The Morgan fingerprint density at radius 2 is 1.94 bits per heavy atom. The van der Waals surface area contributed by atoms with E-state index in [2.05, 4.69) is 21.8 Å². The molecule has 3 nitrogen and oxygen atoms in total. The molecule has 0 spiro atoms. The first kappa shape index (κ1) is 12.8. The van der Waals surface area contributed by atoms with Crippen LogP contribution in [0.1, 0.15) is 18.2 Å². The van der Waals surface area contributed by atoms with Gasteiger partial charge in [0.05, 0.1) is 11.6 Å². The maximum absolute atomic E-state index is 5.82. The van der Waals surface area contributed by atoms with E-state index in [1.54, 1.807) is 0 Å². The van der Waals surface area contributed by atoms with Gasteiger partial charge in [-0.15, -0.1) is 11.6 Å². The zero-order valence-electron chi connectivity index (χ0n) is 10.4. The normalized spacial score (nSPS) is 10.3. The van der Waals surface area contributed by atoms with Crippen molar-refractivity contribution in [1.29, 1.82) is 0 Å². The van der Waals surface area contributed by atoms with Crippen LogP contribution in [0.4, 0.5) is 5.69 Å². The number of alkyl halides is 1. The van der Waals surface area contributed by atoms with Gasteiger partial charge in [-0.05, 0) is 36.8 Å². The van der Waals surface area contributed by atoms with Crippen molar-refractivity contribution in [3.63, 3.8) is 0 Å². The van der Waals surface area contributed by atoms with Gasteiger partial charge in [-0.1, -0.05) is 0 Å². The second kappa shape index (κ2) is 6.36. The van der Waals surface area contributed by atoms with E-state index in [0.717, 1.165) is 24.5 Å². The summed E-state index contributed by atoms with van der Waals surface area (Å²) in [4.78, 5) is 10.5.